The van der Waals surface area contributed by atoms with E-state index in [4.69, 9.17) is 9.47 Å². The average Bonchev–Trinajstić information content (AvgIpc) is 3.23. The Morgan fingerprint density at radius 3 is 2.60 bits per heavy atom. The number of carbonyl (C=O) groups is 2. The number of amides is 2. The number of hydrogen-bond donors (Lipinski definition) is 2. The minimum atomic E-state index is -0.218. The lowest BCUT2D eigenvalue weighted by molar-refractivity contribution is -0.119. The van der Waals surface area contributed by atoms with Crippen molar-refractivity contribution in [2.75, 3.05) is 43.5 Å². The van der Waals surface area contributed by atoms with Gasteiger partial charge in [-0.2, -0.15) is 8.75 Å². The summed E-state index contributed by atoms with van der Waals surface area (Å²) in [6.45, 7) is 3.60. The first-order valence-electron chi connectivity index (χ1n) is 9.55. The standard InChI is InChI=1S/C20H21N5O4S/c1-2-25(12-19(27)22-14-4-3-5-15-20(14)24-30-23-15)11-18(26)21-13-6-7-16-17(10-13)29-9-8-28-16/h3-7,10H,2,8-9,11-12H2,1H3,(H,21,26)(H,22,27). The van der Waals surface area contributed by atoms with Crippen LogP contribution in [0.5, 0.6) is 11.5 Å². The molecule has 0 radical (unpaired) electrons. The molecule has 4 rings (SSSR count). The Morgan fingerprint density at radius 1 is 1.03 bits per heavy atom. The number of anilines is 2. The third-order valence-corrected chi connectivity index (χ3v) is 5.11. The van der Waals surface area contributed by atoms with Gasteiger partial charge in [-0.15, -0.1) is 0 Å². The molecule has 0 unspecified atom stereocenters. The fraction of sp³-hybridized carbons (Fsp3) is 0.300. The van der Waals surface area contributed by atoms with Crippen LogP contribution in [0.1, 0.15) is 6.92 Å². The van der Waals surface area contributed by atoms with Gasteiger partial charge in [-0.05, 0) is 30.8 Å². The highest BCUT2D eigenvalue weighted by Gasteiger charge is 2.16. The highest BCUT2D eigenvalue weighted by molar-refractivity contribution is 7.00. The Kier molecular flexibility index (Phi) is 6.05. The van der Waals surface area contributed by atoms with E-state index in [1.807, 2.05) is 19.1 Å². The van der Waals surface area contributed by atoms with Crippen LogP contribution in [-0.4, -0.2) is 58.3 Å². The summed E-state index contributed by atoms with van der Waals surface area (Å²) in [6.07, 6.45) is 0. The monoisotopic (exact) mass is 427 g/mol. The normalized spacial score (nSPS) is 12.7. The van der Waals surface area contributed by atoms with Gasteiger partial charge in [0.25, 0.3) is 0 Å². The molecule has 0 spiro atoms. The van der Waals surface area contributed by atoms with Crippen molar-refractivity contribution in [2.45, 2.75) is 6.92 Å². The third-order valence-electron chi connectivity index (χ3n) is 4.57. The Labute approximate surface area is 177 Å². The van der Waals surface area contributed by atoms with E-state index >= 15 is 0 Å². The molecule has 0 bridgehead atoms. The molecular formula is C20H21N5O4S. The van der Waals surface area contributed by atoms with E-state index in [0.717, 1.165) is 17.2 Å². The molecule has 2 amide bonds. The molecule has 1 aromatic heterocycles. The van der Waals surface area contributed by atoms with Gasteiger partial charge in [0.1, 0.15) is 24.2 Å². The van der Waals surface area contributed by atoms with Crippen molar-refractivity contribution in [2.24, 2.45) is 0 Å². The van der Waals surface area contributed by atoms with E-state index in [1.54, 1.807) is 29.2 Å². The van der Waals surface area contributed by atoms with Gasteiger partial charge in [-0.1, -0.05) is 13.0 Å². The van der Waals surface area contributed by atoms with E-state index in [0.29, 0.717) is 48.1 Å². The highest BCUT2D eigenvalue weighted by Crippen LogP contribution is 2.32. The van der Waals surface area contributed by atoms with Crippen LogP contribution in [-0.2, 0) is 9.59 Å². The van der Waals surface area contributed by atoms with Crippen LogP contribution in [0.3, 0.4) is 0 Å². The zero-order chi connectivity index (χ0) is 20.9. The first-order valence-corrected chi connectivity index (χ1v) is 10.3. The minimum absolute atomic E-state index is 0.0824. The van der Waals surface area contributed by atoms with Gasteiger partial charge < -0.3 is 20.1 Å². The van der Waals surface area contributed by atoms with Gasteiger partial charge in [-0.3, -0.25) is 14.5 Å². The molecule has 0 fully saturated rings. The van der Waals surface area contributed by atoms with Gasteiger partial charge in [0.2, 0.25) is 11.8 Å². The largest absolute Gasteiger partial charge is 0.486 e. The van der Waals surface area contributed by atoms with Crippen LogP contribution in [0.25, 0.3) is 11.0 Å². The lowest BCUT2D eigenvalue weighted by atomic mass is 10.2. The molecular weight excluding hydrogens is 406 g/mol. The average molecular weight is 427 g/mol. The van der Waals surface area contributed by atoms with Gasteiger partial charge in [0.05, 0.1) is 30.5 Å². The zero-order valence-corrected chi connectivity index (χ0v) is 17.2. The van der Waals surface area contributed by atoms with Crippen molar-refractivity contribution in [1.82, 2.24) is 13.6 Å². The summed E-state index contributed by atoms with van der Waals surface area (Å²) >= 11 is 1.10. The van der Waals surface area contributed by atoms with Crippen LogP contribution < -0.4 is 20.1 Å². The quantitative estimate of drug-likeness (QED) is 0.596. The number of likely N-dealkylation sites (N-methyl/N-ethyl adjacent to an activating group) is 1. The second kappa shape index (κ2) is 9.06. The number of aromatic nitrogens is 2. The van der Waals surface area contributed by atoms with Crippen molar-refractivity contribution in [3.05, 3.63) is 36.4 Å². The molecule has 10 heteroatoms. The fourth-order valence-corrected chi connectivity index (χ4v) is 3.65. The summed E-state index contributed by atoms with van der Waals surface area (Å²) in [4.78, 5) is 26.7. The van der Waals surface area contributed by atoms with Crippen LogP contribution in [0.4, 0.5) is 11.4 Å². The summed E-state index contributed by atoms with van der Waals surface area (Å²) in [7, 11) is 0. The Balaban J connectivity index is 1.33. The van der Waals surface area contributed by atoms with Crippen LogP contribution in [0.2, 0.25) is 0 Å². The SMILES string of the molecule is CCN(CC(=O)Nc1ccc2c(c1)OCCO2)CC(=O)Nc1cccc2nsnc12. The predicted molar refractivity (Wildman–Crippen MR) is 114 cm³/mol. The van der Waals surface area contributed by atoms with Crippen LogP contribution in [0, 0.1) is 0 Å². The maximum atomic E-state index is 12.5. The summed E-state index contributed by atoms with van der Waals surface area (Å²) in [5.41, 5.74) is 2.63. The maximum Gasteiger partial charge on any atom is 0.238 e. The molecule has 1 aliphatic heterocycles. The number of fused-ring (bicyclic) bond motifs is 2. The Morgan fingerprint density at radius 2 is 1.80 bits per heavy atom. The maximum absolute atomic E-state index is 12.5. The Hall–Kier alpha value is -3.24. The molecule has 2 heterocycles. The number of benzene rings is 2. The number of nitrogens with one attached hydrogen (secondary N) is 2. The molecule has 156 valence electrons. The van der Waals surface area contributed by atoms with E-state index < -0.39 is 0 Å². The highest BCUT2D eigenvalue weighted by atomic mass is 32.1. The molecule has 1 aliphatic rings. The molecule has 2 N–H and O–H groups in total. The molecule has 0 saturated carbocycles. The number of nitrogens with zero attached hydrogens (tertiary/aromatic N) is 3. The van der Waals surface area contributed by atoms with Crippen LogP contribution >= 0.6 is 11.7 Å². The minimum Gasteiger partial charge on any atom is -0.486 e. The van der Waals surface area contributed by atoms with Gasteiger partial charge in [0, 0.05) is 11.8 Å². The second-order valence-corrected chi connectivity index (χ2v) is 7.22. The van der Waals surface area contributed by atoms with E-state index in [-0.39, 0.29) is 24.9 Å². The summed E-state index contributed by atoms with van der Waals surface area (Å²) in [5, 5.41) is 5.69. The van der Waals surface area contributed by atoms with Crippen molar-refractivity contribution in [1.29, 1.82) is 0 Å². The summed E-state index contributed by atoms with van der Waals surface area (Å²) in [5.74, 6) is 0.838. The zero-order valence-electron chi connectivity index (χ0n) is 16.4. The summed E-state index contributed by atoms with van der Waals surface area (Å²) < 4.78 is 19.4. The van der Waals surface area contributed by atoms with E-state index in [9.17, 15) is 9.59 Å². The lowest BCUT2D eigenvalue weighted by Gasteiger charge is -2.21. The molecule has 3 aromatic rings. The molecule has 0 aliphatic carbocycles. The van der Waals surface area contributed by atoms with E-state index in [1.165, 1.54) is 0 Å². The number of hydrogen-bond acceptors (Lipinski definition) is 8. The molecule has 0 saturated heterocycles. The molecule has 30 heavy (non-hydrogen) atoms. The fourth-order valence-electron chi connectivity index (χ4n) is 3.10. The molecule has 9 nitrogen and oxygen atoms in total. The first kappa shape index (κ1) is 20.0. The number of carbonyl (C=O) groups excluding carboxylic acids is 2. The molecule has 2 aromatic carbocycles. The van der Waals surface area contributed by atoms with Gasteiger partial charge in [0.15, 0.2) is 11.5 Å². The topological polar surface area (TPSA) is 106 Å². The van der Waals surface area contributed by atoms with E-state index in [2.05, 4.69) is 19.4 Å². The van der Waals surface area contributed by atoms with Crippen molar-refractivity contribution in [3.8, 4) is 11.5 Å². The Bertz CT molecular complexity index is 1070. The van der Waals surface area contributed by atoms with Gasteiger partial charge in [-0.25, -0.2) is 0 Å². The second-order valence-electron chi connectivity index (χ2n) is 6.70. The predicted octanol–water partition coefficient (Wildman–Crippen LogP) is 2.36. The first-order chi connectivity index (χ1) is 14.6. The number of ether oxygens (including phenoxy) is 2. The van der Waals surface area contributed by atoms with Crippen molar-refractivity contribution < 1.29 is 19.1 Å². The third kappa shape index (κ3) is 4.66. The van der Waals surface area contributed by atoms with Crippen molar-refractivity contribution >= 4 is 46.0 Å². The molecule has 0 atom stereocenters. The van der Waals surface area contributed by atoms with Crippen LogP contribution in [0.15, 0.2) is 36.4 Å². The summed E-state index contributed by atoms with van der Waals surface area (Å²) in [6, 6.07) is 10.7. The number of rotatable bonds is 7. The smallest absolute Gasteiger partial charge is 0.238 e. The lowest BCUT2D eigenvalue weighted by Crippen LogP contribution is -2.38. The van der Waals surface area contributed by atoms with Crippen molar-refractivity contribution in [3.63, 3.8) is 0 Å². The van der Waals surface area contributed by atoms with Gasteiger partial charge >= 0.3 is 0 Å².